The van der Waals surface area contributed by atoms with Crippen molar-refractivity contribution in [1.29, 1.82) is 0 Å². The number of esters is 1. The van der Waals surface area contributed by atoms with Crippen LogP contribution in [-0.2, 0) is 4.74 Å². The van der Waals surface area contributed by atoms with E-state index in [1.165, 1.54) is 7.11 Å². The lowest BCUT2D eigenvalue weighted by atomic mass is 10.1. The molecule has 2 rings (SSSR count). The number of benzene rings is 2. The van der Waals surface area contributed by atoms with Crippen molar-refractivity contribution in [2.75, 3.05) is 14.2 Å². The highest BCUT2D eigenvalue weighted by Crippen LogP contribution is 2.29. The number of nitrogens with zero attached hydrogens (tertiary/aromatic N) is 1. The second-order valence-electron chi connectivity index (χ2n) is 5.33. The Kier molecular flexibility index (Phi) is 5.86. The van der Waals surface area contributed by atoms with Crippen molar-refractivity contribution >= 4 is 35.1 Å². The maximum absolute atomic E-state index is 12.6. The largest absolute Gasteiger partial charge is 0.465 e. The Balaban J connectivity index is 2.20. The SMILES string of the molecule is COC(=O)c1ccc(C(=O)N(C)[C@@H](C)c2ccc(Cl)cc2Cl)cc1. The lowest BCUT2D eigenvalue weighted by molar-refractivity contribution is 0.0599. The molecule has 0 heterocycles. The molecule has 0 aliphatic rings. The van der Waals surface area contributed by atoms with Crippen molar-refractivity contribution in [2.24, 2.45) is 0 Å². The summed E-state index contributed by atoms with van der Waals surface area (Å²) in [4.78, 5) is 25.7. The van der Waals surface area contributed by atoms with Crippen LogP contribution in [0, 0.1) is 0 Å². The van der Waals surface area contributed by atoms with Crippen molar-refractivity contribution in [1.82, 2.24) is 4.90 Å². The summed E-state index contributed by atoms with van der Waals surface area (Å²) in [7, 11) is 3.01. The third kappa shape index (κ3) is 3.89. The summed E-state index contributed by atoms with van der Waals surface area (Å²) in [6, 6.07) is 11.3. The van der Waals surface area contributed by atoms with E-state index in [4.69, 9.17) is 23.2 Å². The van der Waals surface area contributed by atoms with Crippen LogP contribution in [0.1, 0.15) is 39.2 Å². The Morgan fingerprint density at radius 1 is 1.04 bits per heavy atom. The molecular weight excluding hydrogens is 349 g/mol. The third-order valence-electron chi connectivity index (χ3n) is 3.87. The van der Waals surface area contributed by atoms with Gasteiger partial charge in [-0.3, -0.25) is 4.79 Å². The van der Waals surface area contributed by atoms with Crippen molar-refractivity contribution in [3.05, 3.63) is 69.2 Å². The molecule has 0 unspecified atom stereocenters. The molecule has 0 aliphatic heterocycles. The Morgan fingerprint density at radius 2 is 1.62 bits per heavy atom. The number of amides is 1. The smallest absolute Gasteiger partial charge is 0.337 e. The summed E-state index contributed by atoms with van der Waals surface area (Å²) in [6.45, 7) is 1.88. The highest BCUT2D eigenvalue weighted by atomic mass is 35.5. The summed E-state index contributed by atoms with van der Waals surface area (Å²) >= 11 is 12.1. The number of ether oxygens (including phenoxy) is 1. The number of rotatable bonds is 4. The molecule has 0 spiro atoms. The van der Waals surface area contributed by atoms with Gasteiger partial charge in [-0.25, -0.2) is 4.79 Å². The first-order valence-corrected chi connectivity index (χ1v) is 8.01. The summed E-state index contributed by atoms with van der Waals surface area (Å²) in [5.41, 5.74) is 1.68. The van der Waals surface area contributed by atoms with E-state index in [0.717, 1.165) is 5.56 Å². The van der Waals surface area contributed by atoms with E-state index in [-0.39, 0.29) is 11.9 Å². The van der Waals surface area contributed by atoms with E-state index in [0.29, 0.717) is 21.2 Å². The second kappa shape index (κ2) is 7.69. The zero-order valence-corrected chi connectivity index (χ0v) is 15.1. The van der Waals surface area contributed by atoms with E-state index in [2.05, 4.69) is 4.74 Å². The number of halogens is 2. The molecule has 4 nitrogen and oxygen atoms in total. The lowest BCUT2D eigenvalue weighted by Gasteiger charge is -2.26. The van der Waals surface area contributed by atoms with Crippen molar-refractivity contribution in [2.45, 2.75) is 13.0 Å². The molecule has 0 aromatic heterocycles. The Morgan fingerprint density at radius 3 is 2.17 bits per heavy atom. The van der Waals surface area contributed by atoms with Gasteiger partial charge in [0.2, 0.25) is 0 Å². The fourth-order valence-corrected chi connectivity index (χ4v) is 2.86. The number of hydrogen-bond donors (Lipinski definition) is 0. The second-order valence-corrected chi connectivity index (χ2v) is 6.17. The molecule has 24 heavy (non-hydrogen) atoms. The van der Waals surface area contributed by atoms with Crippen molar-refractivity contribution in [3.63, 3.8) is 0 Å². The molecule has 0 saturated carbocycles. The zero-order chi connectivity index (χ0) is 17.9. The predicted octanol–water partition coefficient (Wildman–Crippen LogP) is 4.61. The van der Waals surface area contributed by atoms with Crippen LogP contribution in [0.2, 0.25) is 10.0 Å². The average molecular weight is 366 g/mol. The molecule has 1 atom stereocenters. The minimum atomic E-state index is -0.441. The molecule has 126 valence electrons. The lowest BCUT2D eigenvalue weighted by Crippen LogP contribution is -2.29. The molecule has 1 amide bonds. The van der Waals surface area contributed by atoms with Gasteiger partial charge in [-0.15, -0.1) is 0 Å². The molecule has 2 aromatic rings. The molecule has 0 aliphatic carbocycles. The summed E-state index contributed by atoms with van der Waals surface area (Å²) in [5.74, 6) is -0.617. The third-order valence-corrected chi connectivity index (χ3v) is 4.43. The molecule has 2 aromatic carbocycles. The number of carbonyl (C=O) groups excluding carboxylic acids is 2. The number of carbonyl (C=O) groups is 2. The van der Waals surface area contributed by atoms with Crippen LogP contribution in [0.25, 0.3) is 0 Å². The molecule has 0 radical (unpaired) electrons. The molecular formula is C18H17Cl2NO3. The molecule has 0 N–H and O–H groups in total. The minimum absolute atomic E-state index is 0.176. The van der Waals surface area contributed by atoms with Gasteiger partial charge in [0.15, 0.2) is 0 Å². The van der Waals surface area contributed by atoms with Gasteiger partial charge in [-0.05, 0) is 48.9 Å². The van der Waals surface area contributed by atoms with Crippen molar-refractivity contribution in [3.8, 4) is 0 Å². The fourth-order valence-electron chi connectivity index (χ4n) is 2.30. The number of methoxy groups -OCH3 is 1. The Bertz CT molecular complexity index is 759. The number of hydrogen-bond acceptors (Lipinski definition) is 3. The predicted molar refractivity (Wildman–Crippen MR) is 94.8 cm³/mol. The van der Waals surface area contributed by atoms with Gasteiger partial charge < -0.3 is 9.64 Å². The average Bonchev–Trinajstić information content (AvgIpc) is 2.59. The van der Waals surface area contributed by atoms with Gasteiger partial charge in [0.1, 0.15) is 0 Å². The first-order valence-electron chi connectivity index (χ1n) is 7.25. The van der Waals surface area contributed by atoms with E-state index in [1.807, 2.05) is 6.92 Å². The fraction of sp³-hybridized carbons (Fsp3) is 0.222. The van der Waals surface area contributed by atoms with Crippen LogP contribution >= 0.6 is 23.2 Å². The van der Waals surface area contributed by atoms with Gasteiger partial charge in [-0.2, -0.15) is 0 Å². The van der Waals surface area contributed by atoms with Crippen LogP contribution in [0.3, 0.4) is 0 Å². The van der Waals surface area contributed by atoms with Crippen molar-refractivity contribution < 1.29 is 14.3 Å². The van der Waals surface area contributed by atoms with Crippen LogP contribution in [0.4, 0.5) is 0 Å². The van der Waals surface area contributed by atoms with E-state index < -0.39 is 5.97 Å². The van der Waals surface area contributed by atoms with Crippen LogP contribution in [0.5, 0.6) is 0 Å². The van der Waals surface area contributed by atoms with Gasteiger partial charge >= 0.3 is 5.97 Å². The molecule has 0 bridgehead atoms. The monoisotopic (exact) mass is 365 g/mol. The van der Waals surface area contributed by atoms with Gasteiger partial charge in [-0.1, -0.05) is 29.3 Å². The summed E-state index contributed by atoms with van der Waals surface area (Å²) in [5, 5.41) is 1.05. The maximum Gasteiger partial charge on any atom is 0.337 e. The van der Waals surface area contributed by atoms with E-state index >= 15 is 0 Å². The van der Waals surface area contributed by atoms with Crippen LogP contribution in [0.15, 0.2) is 42.5 Å². The topological polar surface area (TPSA) is 46.6 Å². The Labute approximate surface area is 150 Å². The summed E-state index contributed by atoms with van der Waals surface area (Å²) < 4.78 is 4.64. The maximum atomic E-state index is 12.6. The molecule has 0 fully saturated rings. The molecule has 6 heteroatoms. The molecule has 0 saturated heterocycles. The van der Waals surface area contributed by atoms with Gasteiger partial charge in [0.05, 0.1) is 18.7 Å². The van der Waals surface area contributed by atoms with Gasteiger partial charge in [0.25, 0.3) is 5.91 Å². The first-order chi connectivity index (χ1) is 11.3. The van der Waals surface area contributed by atoms with E-state index in [1.54, 1.807) is 54.4 Å². The van der Waals surface area contributed by atoms with E-state index in [9.17, 15) is 9.59 Å². The first kappa shape index (κ1) is 18.3. The normalized spacial score (nSPS) is 11.7. The zero-order valence-electron chi connectivity index (χ0n) is 13.5. The Hall–Kier alpha value is -2.04. The van der Waals surface area contributed by atoms with Crippen LogP contribution < -0.4 is 0 Å². The quantitative estimate of drug-likeness (QED) is 0.743. The standard InChI is InChI=1S/C18H17Cl2NO3/c1-11(15-9-8-14(19)10-16(15)20)21(2)17(22)12-4-6-13(7-5-12)18(23)24-3/h4-11H,1-3H3/t11-/m0/s1. The summed E-state index contributed by atoms with van der Waals surface area (Å²) in [6.07, 6.45) is 0. The highest BCUT2D eigenvalue weighted by Gasteiger charge is 2.21. The highest BCUT2D eigenvalue weighted by molar-refractivity contribution is 6.35. The van der Waals surface area contributed by atoms with Gasteiger partial charge in [0, 0.05) is 22.7 Å². The minimum Gasteiger partial charge on any atom is -0.465 e. The van der Waals surface area contributed by atoms with Crippen LogP contribution in [-0.4, -0.2) is 30.9 Å².